The van der Waals surface area contributed by atoms with Crippen molar-refractivity contribution in [2.24, 2.45) is 11.1 Å². The fourth-order valence-corrected chi connectivity index (χ4v) is 4.22. The number of amides is 3. The maximum Gasteiger partial charge on any atom is 0.410 e. The second-order valence-corrected chi connectivity index (χ2v) is 10.8. The predicted octanol–water partition coefficient (Wildman–Crippen LogP) is 3.13. The van der Waals surface area contributed by atoms with Crippen LogP contribution in [0.25, 0.3) is 0 Å². The lowest BCUT2D eigenvalue weighted by Crippen LogP contribution is -2.44. The van der Waals surface area contributed by atoms with E-state index in [1.165, 1.54) is 7.11 Å². The van der Waals surface area contributed by atoms with E-state index in [9.17, 15) is 19.2 Å². The van der Waals surface area contributed by atoms with Gasteiger partial charge in [0.25, 0.3) is 0 Å². The van der Waals surface area contributed by atoms with Gasteiger partial charge in [-0.25, -0.2) is 14.4 Å². The zero-order valence-electron chi connectivity index (χ0n) is 23.4. The topological polar surface area (TPSA) is 145 Å². The number of nitrogens with zero attached hydrogens (tertiary/aromatic N) is 2. The summed E-state index contributed by atoms with van der Waals surface area (Å²) in [5, 5.41) is 9.41. The molecule has 2 N–H and O–H groups in total. The van der Waals surface area contributed by atoms with Gasteiger partial charge in [0.15, 0.2) is 0 Å². The SMILES string of the molecule is CCCCOC(=O)N[C@@H](CCNC(=O)CC1CC(CC2CCN(C(=O)OC(C)(C)C)CC2)=NO1)C(=O)OC. The lowest BCUT2D eigenvalue weighted by molar-refractivity contribution is -0.143. The van der Waals surface area contributed by atoms with Gasteiger partial charge in [-0.3, -0.25) is 4.79 Å². The molecule has 0 aliphatic carbocycles. The van der Waals surface area contributed by atoms with Crippen molar-refractivity contribution < 1.29 is 38.2 Å². The maximum absolute atomic E-state index is 12.4. The van der Waals surface area contributed by atoms with Gasteiger partial charge in [0.2, 0.25) is 5.91 Å². The minimum absolute atomic E-state index is 0.138. The van der Waals surface area contributed by atoms with Crippen molar-refractivity contribution in [3.63, 3.8) is 0 Å². The number of alkyl carbamates (subject to hydrolysis) is 1. The van der Waals surface area contributed by atoms with Crippen molar-refractivity contribution in [3.05, 3.63) is 0 Å². The average Bonchev–Trinajstić information content (AvgIpc) is 3.28. The van der Waals surface area contributed by atoms with Crippen molar-refractivity contribution in [1.82, 2.24) is 15.5 Å². The van der Waals surface area contributed by atoms with E-state index in [-0.39, 0.29) is 44.1 Å². The molecule has 38 heavy (non-hydrogen) atoms. The highest BCUT2D eigenvalue weighted by molar-refractivity contribution is 5.87. The molecule has 1 fully saturated rings. The van der Waals surface area contributed by atoms with Crippen LogP contribution in [-0.2, 0) is 28.6 Å². The number of carbonyl (C=O) groups excluding carboxylic acids is 4. The molecule has 2 atom stereocenters. The van der Waals surface area contributed by atoms with Gasteiger partial charge in [0.1, 0.15) is 17.7 Å². The maximum atomic E-state index is 12.4. The van der Waals surface area contributed by atoms with E-state index in [0.717, 1.165) is 37.8 Å². The number of unbranched alkanes of at least 4 members (excludes halogenated alkanes) is 1. The highest BCUT2D eigenvalue weighted by Gasteiger charge is 2.30. The first-order valence-corrected chi connectivity index (χ1v) is 13.5. The van der Waals surface area contributed by atoms with Crippen LogP contribution in [0.2, 0.25) is 0 Å². The fourth-order valence-electron chi connectivity index (χ4n) is 4.22. The molecule has 0 aromatic carbocycles. The summed E-state index contributed by atoms with van der Waals surface area (Å²) in [6, 6.07) is -0.922. The van der Waals surface area contributed by atoms with Crippen molar-refractivity contribution in [1.29, 1.82) is 0 Å². The summed E-state index contributed by atoms with van der Waals surface area (Å²) >= 11 is 0. The molecule has 0 spiro atoms. The van der Waals surface area contributed by atoms with E-state index in [1.54, 1.807) is 4.90 Å². The molecule has 0 bridgehead atoms. The molecule has 2 heterocycles. The summed E-state index contributed by atoms with van der Waals surface area (Å²) in [7, 11) is 1.23. The van der Waals surface area contributed by atoms with E-state index < -0.39 is 23.7 Å². The van der Waals surface area contributed by atoms with Crippen LogP contribution in [0.1, 0.15) is 79.1 Å². The zero-order chi connectivity index (χ0) is 28.1. The van der Waals surface area contributed by atoms with Crippen LogP contribution in [0.15, 0.2) is 5.16 Å². The number of hydrogen-bond acceptors (Lipinski definition) is 9. The lowest BCUT2D eigenvalue weighted by atomic mass is 9.90. The molecule has 2 aliphatic heterocycles. The third-order valence-electron chi connectivity index (χ3n) is 6.26. The number of oxime groups is 1. The predicted molar refractivity (Wildman–Crippen MR) is 140 cm³/mol. The van der Waals surface area contributed by atoms with Crippen LogP contribution in [0, 0.1) is 5.92 Å². The Balaban J connectivity index is 1.65. The van der Waals surface area contributed by atoms with Crippen LogP contribution in [0.5, 0.6) is 0 Å². The Morgan fingerprint density at radius 2 is 1.89 bits per heavy atom. The number of nitrogens with one attached hydrogen (secondary N) is 2. The van der Waals surface area contributed by atoms with Crippen LogP contribution in [0.3, 0.4) is 0 Å². The first-order chi connectivity index (χ1) is 18.0. The summed E-state index contributed by atoms with van der Waals surface area (Å²) in [6.45, 7) is 9.29. The molecular weight excluding hydrogens is 496 g/mol. The summed E-state index contributed by atoms with van der Waals surface area (Å²) in [5.74, 6) is -0.438. The summed E-state index contributed by atoms with van der Waals surface area (Å²) in [6.07, 6.45) is 3.70. The van der Waals surface area contributed by atoms with Crippen LogP contribution in [0.4, 0.5) is 9.59 Å². The summed E-state index contributed by atoms with van der Waals surface area (Å²) < 4.78 is 15.2. The highest BCUT2D eigenvalue weighted by atomic mass is 16.6. The van der Waals surface area contributed by atoms with Crippen LogP contribution >= 0.6 is 0 Å². The molecule has 3 amide bonds. The van der Waals surface area contributed by atoms with Gasteiger partial charge >= 0.3 is 18.2 Å². The molecule has 1 unspecified atom stereocenters. The number of methoxy groups -OCH3 is 1. The van der Waals surface area contributed by atoms with Gasteiger partial charge in [-0.1, -0.05) is 18.5 Å². The first-order valence-electron chi connectivity index (χ1n) is 13.5. The molecule has 0 aromatic rings. The Hall–Kier alpha value is -3.05. The number of piperidine rings is 1. The van der Waals surface area contributed by atoms with Crippen molar-refractivity contribution >= 4 is 29.8 Å². The molecule has 2 aliphatic rings. The van der Waals surface area contributed by atoms with Gasteiger partial charge in [0.05, 0.1) is 25.8 Å². The van der Waals surface area contributed by atoms with Gasteiger partial charge in [0, 0.05) is 26.1 Å². The standard InChI is InChI=1S/C26H44N4O8/c1-6-7-14-36-24(33)28-21(23(32)35-5)8-11-27-22(31)17-20-16-19(29-38-20)15-18-9-12-30(13-10-18)25(34)37-26(2,3)4/h18,20-21H,6-17H2,1-5H3,(H,27,31)(H,28,33)/t20?,21-/m0/s1. The van der Waals surface area contributed by atoms with Gasteiger partial charge in [-0.2, -0.15) is 0 Å². The molecule has 2 rings (SSSR count). The number of rotatable bonds is 12. The van der Waals surface area contributed by atoms with Gasteiger partial charge < -0.3 is 34.6 Å². The molecule has 0 saturated carbocycles. The van der Waals surface area contributed by atoms with Crippen molar-refractivity contribution in [3.8, 4) is 0 Å². The quantitative estimate of drug-likeness (QED) is 0.218. The van der Waals surface area contributed by atoms with Crippen molar-refractivity contribution in [2.75, 3.05) is 33.4 Å². The number of hydrogen-bond donors (Lipinski definition) is 2. The monoisotopic (exact) mass is 540 g/mol. The molecule has 12 nitrogen and oxygen atoms in total. The van der Waals surface area contributed by atoms with Gasteiger partial charge in [-0.05, 0) is 58.8 Å². The van der Waals surface area contributed by atoms with Gasteiger partial charge in [-0.15, -0.1) is 0 Å². The Bertz CT molecular complexity index is 834. The molecule has 0 radical (unpaired) electrons. The summed E-state index contributed by atoms with van der Waals surface area (Å²) in [4.78, 5) is 55.7. The molecule has 216 valence electrons. The van der Waals surface area contributed by atoms with E-state index in [4.69, 9.17) is 19.0 Å². The highest BCUT2D eigenvalue weighted by Crippen LogP contribution is 2.26. The third kappa shape index (κ3) is 11.6. The second kappa shape index (κ2) is 15.4. The fraction of sp³-hybridized carbons (Fsp3) is 0.808. The first kappa shape index (κ1) is 31.2. The number of ether oxygens (including phenoxy) is 3. The Morgan fingerprint density at radius 3 is 2.53 bits per heavy atom. The number of carbonyl (C=O) groups is 4. The lowest BCUT2D eigenvalue weighted by Gasteiger charge is -2.33. The van der Waals surface area contributed by atoms with E-state index in [1.807, 2.05) is 27.7 Å². The number of esters is 1. The third-order valence-corrected chi connectivity index (χ3v) is 6.26. The largest absolute Gasteiger partial charge is 0.467 e. The van der Waals surface area contributed by atoms with Crippen LogP contribution in [-0.4, -0.2) is 85.8 Å². The van der Waals surface area contributed by atoms with E-state index >= 15 is 0 Å². The van der Waals surface area contributed by atoms with Crippen LogP contribution < -0.4 is 10.6 Å². The number of likely N-dealkylation sites (tertiary alicyclic amines) is 1. The second-order valence-electron chi connectivity index (χ2n) is 10.8. The minimum atomic E-state index is -0.922. The average molecular weight is 541 g/mol. The van der Waals surface area contributed by atoms with Crippen molar-refractivity contribution in [2.45, 2.75) is 96.8 Å². The smallest absolute Gasteiger partial charge is 0.410 e. The Labute approximate surface area is 225 Å². The molecule has 12 heteroatoms. The Kier molecular flexibility index (Phi) is 12.6. The van der Waals surface area contributed by atoms with E-state index in [2.05, 4.69) is 15.8 Å². The molecule has 0 aromatic heterocycles. The normalized spacial score (nSPS) is 18.6. The minimum Gasteiger partial charge on any atom is -0.467 e. The molecule has 1 saturated heterocycles. The zero-order valence-corrected chi connectivity index (χ0v) is 23.4. The molecular formula is C26H44N4O8. The Morgan fingerprint density at radius 1 is 1.18 bits per heavy atom. The summed E-state index contributed by atoms with van der Waals surface area (Å²) in [5.41, 5.74) is 0.419. The van der Waals surface area contributed by atoms with E-state index in [0.29, 0.717) is 25.4 Å².